The van der Waals surface area contributed by atoms with Crippen molar-refractivity contribution in [2.75, 3.05) is 0 Å². The van der Waals surface area contributed by atoms with E-state index in [0.717, 1.165) is 16.2 Å². The van der Waals surface area contributed by atoms with Crippen molar-refractivity contribution in [1.29, 1.82) is 0 Å². The van der Waals surface area contributed by atoms with Gasteiger partial charge in [-0.1, -0.05) is 12.1 Å². The Bertz CT molecular complexity index is 1240. The molecule has 3 aromatic heterocycles. The van der Waals surface area contributed by atoms with Gasteiger partial charge in [-0.3, -0.25) is 20.2 Å². The highest BCUT2D eigenvalue weighted by Gasteiger charge is 2.19. The zero-order chi connectivity index (χ0) is 19.1. The zero-order valence-corrected chi connectivity index (χ0v) is 14.6. The number of benzene rings is 1. The fraction of sp³-hybridized carbons (Fsp3) is 0.0476. The Morgan fingerprint density at radius 1 is 0.964 bits per heavy atom. The van der Waals surface area contributed by atoms with Gasteiger partial charge in [0.1, 0.15) is 11.3 Å². The summed E-state index contributed by atoms with van der Waals surface area (Å²) in [7, 11) is 0. The molecule has 1 aliphatic heterocycles. The van der Waals surface area contributed by atoms with E-state index in [2.05, 4.69) is 19.9 Å². The van der Waals surface area contributed by atoms with E-state index in [-0.39, 0.29) is 5.82 Å². The van der Waals surface area contributed by atoms with Crippen LogP contribution in [0.1, 0.15) is 11.1 Å². The average molecular weight is 371 g/mol. The molecule has 1 aliphatic rings. The number of aromatic nitrogens is 4. The highest BCUT2D eigenvalue weighted by Crippen LogP contribution is 2.34. The molecule has 0 atom stereocenters. The molecule has 0 saturated heterocycles. The van der Waals surface area contributed by atoms with Gasteiger partial charge in [0.15, 0.2) is 5.65 Å². The van der Waals surface area contributed by atoms with Crippen LogP contribution in [0.2, 0.25) is 0 Å². The van der Waals surface area contributed by atoms with Gasteiger partial charge in [0.05, 0.1) is 17.9 Å². The molecule has 0 spiro atoms. The molecule has 136 valence electrons. The number of nitrogens with zero attached hydrogens (tertiary/aromatic N) is 5. The largest absolute Gasteiger partial charge is 0.289 e. The summed E-state index contributed by atoms with van der Waals surface area (Å²) in [4.78, 5) is 17.8. The second-order valence-corrected chi connectivity index (χ2v) is 6.41. The first kappa shape index (κ1) is 16.5. The lowest BCUT2D eigenvalue weighted by Gasteiger charge is -2.21. The lowest BCUT2D eigenvalue weighted by Crippen LogP contribution is -2.16. The van der Waals surface area contributed by atoms with Crippen LogP contribution < -0.4 is 0 Å². The van der Waals surface area contributed by atoms with E-state index in [1.54, 1.807) is 55.1 Å². The minimum absolute atomic E-state index is 0.357. The molecule has 0 fully saturated rings. The van der Waals surface area contributed by atoms with Crippen LogP contribution in [0.15, 0.2) is 61.2 Å². The first-order chi connectivity index (χ1) is 13.7. The van der Waals surface area contributed by atoms with E-state index in [4.69, 9.17) is 0 Å². The predicted molar refractivity (Wildman–Crippen MR) is 102 cm³/mol. The van der Waals surface area contributed by atoms with E-state index in [0.29, 0.717) is 40.2 Å². The Morgan fingerprint density at radius 3 is 2.71 bits per heavy atom. The third-order valence-electron chi connectivity index (χ3n) is 4.67. The minimum atomic E-state index is -0.358. The second kappa shape index (κ2) is 6.47. The summed E-state index contributed by atoms with van der Waals surface area (Å²) >= 11 is 0. The van der Waals surface area contributed by atoms with E-state index < -0.39 is 0 Å². The van der Waals surface area contributed by atoms with E-state index >= 15 is 0 Å². The Morgan fingerprint density at radius 2 is 1.82 bits per heavy atom. The molecule has 0 unspecified atom stereocenters. The van der Waals surface area contributed by atoms with Crippen molar-refractivity contribution in [3.63, 3.8) is 0 Å². The number of pyridine rings is 2. The minimum Gasteiger partial charge on any atom is -0.289 e. The van der Waals surface area contributed by atoms with Gasteiger partial charge >= 0.3 is 0 Å². The molecule has 0 amide bonds. The van der Waals surface area contributed by atoms with Crippen LogP contribution in [0.25, 0.3) is 39.8 Å². The van der Waals surface area contributed by atoms with Gasteiger partial charge in [-0.25, -0.2) is 14.4 Å². The summed E-state index contributed by atoms with van der Waals surface area (Å²) in [5, 5.41) is 10.9. The Hall–Kier alpha value is -3.71. The van der Waals surface area contributed by atoms with Gasteiger partial charge in [0.25, 0.3) is 0 Å². The van der Waals surface area contributed by atoms with Crippen molar-refractivity contribution in [2.45, 2.75) is 6.54 Å². The van der Waals surface area contributed by atoms with E-state index in [1.165, 1.54) is 6.07 Å². The highest BCUT2D eigenvalue weighted by atomic mass is 19.1. The molecule has 4 aromatic rings. The smallest absolute Gasteiger partial charge is 0.179 e. The van der Waals surface area contributed by atoms with Gasteiger partial charge in [0.2, 0.25) is 0 Å². The monoisotopic (exact) mass is 371 g/mol. The summed E-state index contributed by atoms with van der Waals surface area (Å²) in [5.41, 5.74) is 5.06. The topological polar surface area (TPSA) is 75.0 Å². The normalized spacial score (nSPS) is 13.0. The maximum absolute atomic E-state index is 14.4. The van der Waals surface area contributed by atoms with Gasteiger partial charge < -0.3 is 0 Å². The van der Waals surface area contributed by atoms with Crippen molar-refractivity contribution in [2.24, 2.45) is 0 Å². The quantitative estimate of drug-likeness (QED) is 0.573. The Kier molecular flexibility index (Phi) is 3.80. The van der Waals surface area contributed by atoms with Crippen LogP contribution in [-0.2, 0) is 6.54 Å². The molecular weight excluding hydrogens is 357 g/mol. The fourth-order valence-electron chi connectivity index (χ4n) is 3.38. The molecule has 7 heteroatoms. The maximum atomic E-state index is 14.4. The molecule has 6 nitrogen and oxygen atoms in total. The third kappa shape index (κ3) is 2.69. The van der Waals surface area contributed by atoms with Gasteiger partial charge in [0, 0.05) is 41.5 Å². The summed E-state index contributed by atoms with van der Waals surface area (Å²) in [6.45, 7) is 0.357. The number of fused-ring (bicyclic) bond motifs is 2. The first-order valence-electron chi connectivity index (χ1n) is 8.69. The SMILES string of the molecule is ON1C=Cc2c(ccnc2-c2cc(-c3ccccc3F)nc3nccnc23)C1. The molecule has 28 heavy (non-hydrogen) atoms. The van der Waals surface area contributed by atoms with Gasteiger partial charge in [-0.05, 0) is 35.9 Å². The number of hydrogen-bond acceptors (Lipinski definition) is 6. The third-order valence-corrected chi connectivity index (χ3v) is 4.67. The standard InChI is InChI=1S/C21H14FN5O/c22-17-4-2-1-3-15(17)18-11-16(20-21(26-18)25-9-8-24-20)19-14-6-10-27(28)12-13(14)5-7-23-19/h1-11,28H,12H2. The summed E-state index contributed by atoms with van der Waals surface area (Å²) in [5.74, 6) is -0.358. The van der Waals surface area contributed by atoms with Crippen LogP contribution in [0.5, 0.6) is 0 Å². The van der Waals surface area contributed by atoms with Gasteiger partial charge in [-0.2, -0.15) is 0 Å². The van der Waals surface area contributed by atoms with Crippen molar-refractivity contribution < 1.29 is 9.60 Å². The lowest BCUT2D eigenvalue weighted by molar-refractivity contribution is -0.0494. The number of hydroxylamine groups is 2. The van der Waals surface area contributed by atoms with Crippen LogP contribution in [0.3, 0.4) is 0 Å². The average Bonchev–Trinajstić information content (AvgIpc) is 2.72. The predicted octanol–water partition coefficient (Wildman–Crippen LogP) is 4.07. The van der Waals surface area contributed by atoms with Crippen molar-refractivity contribution >= 4 is 17.2 Å². The molecule has 1 aromatic carbocycles. The van der Waals surface area contributed by atoms with Crippen LogP contribution in [0, 0.1) is 5.82 Å². The first-order valence-corrected chi connectivity index (χ1v) is 8.69. The summed E-state index contributed by atoms with van der Waals surface area (Å²) in [6, 6.07) is 10.1. The summed E-state index contributed by atoms with van der Waals surface area (Å²) in [6.07, 6.45) is 8.22. The zero-order valence-electron chi connectivity index (χ0n) is 14.6. The molecule has 0 radical (unpaired) electrons. The molecule has 4 heterocycles. The maximum Gasteiger partial charge on any atom is 0.179 e. The number of hydrogen-bond donors (Lipinski definition) is 1. The van der Waals surface area contributed by atoms with Crippen LogP contribution in [0.4, 0.5) is 4.39 Å². The molecule has 0 bridgehead atoms. The lowest BCUT2D eigenvalue weighted by atomic mass is 9.97. The Balaban J connectivity index is 1.81. The van der Waals surface area contributed by atoms with Gasteiger partial charge in [-0.15, -0.1) is 0 Å². The van der Waals surface area contributed by atoms with E-state index in [9.17, 15) is 9.60 Å². The number of rotatable bonds is 2. The van der Waals surface area contributed by atoms with Crippen molar-refractivity contribution in [3.8, 4) is 22.5 Å². The second-order valence-electron chi connectivity index (χ2n) is 6.41. The van der Waals surface area contributed by atoms with Crippen molar-refractivity contribution in [1.82, 2.24) is 25.0 Å². The van der Waals surface area contributed by atoms with Crippen LogP contribution >= 0.6 is 0 Å². The van der Waals surface area contributed by atoms with E-state index in [1.807, 2.05) is 6.07 Å². The molecule has 1 N–H and O–H groups in total. The molecule has 0 saturated carbocycles. The fourth-order valence-corrected chi connectivity index (χ4v) is 3.38. The Labute approximate surface area is 159 Å². The molecule has 0 aliphatic carbocycles. The van der Waals surface area contributed by atoms with Crippen molar-refractivity contribution in [3.05, 3.63) is 78.1 Å². The summed E-state index contributed by atoms with van der Waals surface area (Å²) < 4.78 is 14.4. The number of halogens is 1. The molecule has 5 rings (SSSR count). The highest BCUT2D eigenvalue weighted by molar-refractivity contribution is 5.93. The molecular formula is C21H14FN5O. The van der Waals surface area contributed by atoms with Crippen LogP contribution in [-0.4, -0.2) is 30.2 Å².